The van der Waals surface area contributed by atoms with Crippen LogP contribution < -0.4 is 10.0 Å². The SMILES string of the molecule is Cc1ccc(NS(=O)(=O)c2cc(C(=O)Nc3c(Cl)cccc3Cl)ccc2C)cc1. The fourth-order valence-corrected chi connectivity index (χ4v) is 4.49. The molecule has 0 radical (unpaired) electrons. The zero-order valence-corrected chi connectivity index (χ0v) is 18.0. The van der Waals surface area contributed by atoms with Crippen LogP contribution in [0.5, 0.6) is 0 Å². The summed E-state index contributed by atoms with van der Waals surface area (Å²) in [4.78, 5) is 12.7. The fraction of sp³-hybridized carbons (Fsp3) is 0.0952. The lowest BCUT2D eigenvalue weighted by Crippen LogP contribution is -2.17. The van der Waals surface area contributed by atoms with Crippen LogP contribution in [0, 0.1) is 13.8 Å². The van der Waals surface area contributed by atoms with Gasteiger partial charge >= 0.3 is 0 Å². The molecule has 5 nitrogen and oxygen atoms in total. The molecule has 0 saturated heterocycles. The highest BCUT2D eigenvalue weighted by Crippen LogP contribution is 2.30. The van der Waals surface area contributed by atoms with Gasteiger partial charge in [0.1, 0.15) is 0 Å². The van der Waals surface area contributed by atoms with Crippen LogP contribution in [0.15, 0.2) is 65.6 Å². The molecule has 3 rings (SSSR count). The van der Waals surface area contributed by atoms with E-state index in [4.69, 9.17) is 23.2 Å². The summed E-state index contributed by atoms with van der Waals surface area (Å²) in [5, 5.41) is 3.20. The summed E-state index contributed by atoms with van der Waals surface area (Å²) in [5.74, 6) is -0.521. The van der Waals surface area contributed by atoms with Gasteiger partial charge in [-0.15, -0.1) is 0 Å². The summed E-state index contributed by atoms with van der Waals surface area (Å²) in [5.41, 5.74) is 2.39. The predicted octanol–water partition coefficient (Wildman–Crippen LogP) is 5.66. The van der Waals surface area contributed by atoms with Crippen molar-refractivity contribution in [2.45, 2.75) is 18.7 Å². The maximum Gasteiger partial charge on any atom is 0.262 e. The number of anilines is 2. The minimum absolute atomic E-state index is 0.0102. The second-order valence-corrected chi connectivity index (χ2v) is 8.97. The van der Waals surface area contributed by atoms with E-state index in [1.165, 1.54) is 6.07 Å². The highest BCUT2D eigenvalue weighted by atomic mass is 35.5. The molecule has 8 heteroatoms. The molecule has 150 valence electrons. The van der Waals surface area contributed by atoms with E-state index in [0.717, 1.165) is 5.56 Å². The average molecular weight is 449 g/mol. The Morgan fingerprint density at radius 2 is 1.52 bits per heavy atom. The lowest BCUT2D eigenvalue weighted by atomic mass is 10.1. The van der Waals surface area contributed by atoms with Gasteiger partial charge in [-0.2, -0.15) is 0 Å². The normalized spacial score (nSPS) is 11.2. The third-order valence-electron chi connectivity index (χ3n) is 4.24. The molecule has 0 aliphatic carbocycles. The molecule has 0 heterocycles. The quantitative estimate of drug-likeness (QED) is 0.528. The van der Waals surface area contributed by atoms with Crippen molar-refractivity contribution >= 4 is 50.5 Å². The van der Waals surface area contributed by atoms with Crippen molar-refractivity contribution < 1.29 is 13.2 Å². The summed E-state index contributed by atoms with van der Waals surface area (Å²) in [7, 11) is -3.88. The first kappa shape index (κ1) is 21.2. The Bertz CT molecular complexity index is 1160. The van der Waals surface area contributed by atoms with E-state index in [2.05, 4.69) is 10.0 Å². The van der Waals surface area contributed by atoms with Crippen LogP contribution in [-0.2, 0) is 10.0 Å². The van der Waals surface area contributed by atoms with Crippen LogP contribution in [0.1, 0.15) is 21.5 Å². The summed E-state index contributed by atoms with van der Waals surface area (Å²) >= 11 is 12.2. The molecular weight excluding hydrogens is 431 g/mol. The van der Waals surface area contributed by atoms with Gasteiger partial charge in [0.15, 0.2) is 0 Å². The number of amides is 1. The van der Waals surface area contributed by atoms with Gasteiger partial charge in [0.2, 0.25) is 0 Å². The third-order valence-corrected chi connectivity index (χ3v) is 6.40. The first-order chi connectivity index (χ1) is 13.7. The van der Waals surface area contributed by atoms with E-state index in [-0.39, 0.29) is 26.2 Å². The van der Waals surface area contributed by atoms with Crippen LogP contribution in [0.2, 0.25) is 10.0 Å². The molecule has 0 aliphatic heterocycles. The number of nitrogens with one attached hydrogen (secondary N) is 2. The lowest BCUT2D eigenvalue weighted by Gasteiger charge is -2.13. The van der Waals surface area contributed by atoms with E-state index < -0.39 is 15.9 Å². The van der Waals surface area contributed by atoms with Crippen LogP contribution in [0.25, 0.3) is 0 Å². The van der Waals surface area contributed by atoms with Gasteiger partial charge < -0.3 is 5.32 Å². The molecule has 0 spiro atoms. The zero-order chi connectivity index (χ0) is 21.2. The molecule has 3 aromatic rings. The van der Waals surface area contributed by atoms with Crippen molar-refractivity contribution in [1.29, 1.82) is 0 Å². The van der Waals surface area contributed by atoms with Crippen LogP contribution >= 0.6 is 23.2 Å². The van der Waals surface area contributed by atoms with E-state index in [0.29, 0.717) is 11.3 Å². The molecule has 0 bridgehead atoms. The summed E-state index contributed by atoms with van der Waals surface area (Å²) in [6, 6.07) is 16.3. The Balaban J connectivity index is 1.91. The molecule has 3 aromatic carbocycles. The molecule has 1 amide bonds. The Labute approximate surface area is 179 Å². The van der Waals surface area contributed by atoms with Gasteiger partial charge in [-0.05, 0) is 55.8 Å². The van der Waals surface area contributed by atoms with Gasteiger partial charge in [-0.3, -0.25) is 9.52 Å². The van der Waals surface area contributed by atoms with E-state index in [9.17, 15) is 13.2 Å². The number of para-hydroxylation sites is 1. The highest BCUT2D eigenvalue weighted by molar-refractivity contribution is 7.92. The first-order valence-corrected chi connectivity index (χ1v) is 10.9. The molecule has 29 heavy (non-hydrogen) atoms. The second-order valence-electron chi connectivity index (χ2n) is 6.50. The lowest BCUT2D eigenvalue weighted by molar-refractivity contribution is 0.102. The van der Waals surface area contributed by atoms with Crippen molar-refractivity contribution in [3.63, 3.8) is 0 Å². The highest BCUT2D eigenvalue weighted by Gasteiger charge is 2.20. The van der Waals surface area contributed by atoms with Crippen molar-refractivity contribution in [1.82, 2.24) is 0 Å². The Morgan fingerprint density at radius 3 is 2.14 bits per heavy atom. The summed E-state index contributed by atoms with van der Waals surface area (Å²) in [6.45, 7) is 3.58. The van der Waals surface area contributed by atoms with Gasteiger partial charge in [0, 0.05) is 11.3 Å². The fourth-order valence-electron chi connectivity index (χ4n) is 2.67. The number of carbonyl (C=O) groups is 1. The Morgan fingerprint density at radius 1 is 0.897 bits per heavy atom. The van der Waals surface area contributed by atoms with E-state index in [1.54, 1.807) is 49.4 Å². The minimum atomic E-state index is -3.88. The smallest absolute Gasteiger partial charge is 0.262 e. The third kappa shape index (κ3) is 4.90. The number of aryl methyl sites for hydroxylation is 2. The second kappa shape index (κ2) is 8.45. The Hall–Kier alpha value is -2.54. The minimum Gasteiger partial charge on any atom is -0.319 e. The zero-order valence-electron chi connectivity index (χ0n) is 15.7. The molecule has 2 N–H and O–H groups in total. The average Bonchev–Trinajstić information content (AvgIpc) is 2.66. The monoisotopic (exact) mass is 448 g/mol. The molecule has 0 aliphatic rings. The van der Waals surface area contributed by atoms with Crippen molar-refractivity contribution in [3.05, 3.63) is 87.4 Å². The number of carbonyl (C=O) groups excluding carboxylic acids is 1. The van der Waals surface area contributed by atoms with Crippen LogP contribution in [-0.4, -0.2) is 14.3 Å². The van der Waals surface area contributed by atoms with Crippen LogP contribution in [0.4, 0.5) is 11.4 Å². The number of rotatable bonds is 5. The van der Waals surface area contributed by atoms with Crippen molar-refractivity contribution in [2.75, 3.05) is 10.0 Å². The topological polar surface area (TPSA) is 75.3 Å². The standard InChI is InChI=1S/C21H18Cl2N2O3S/c1-13-6-10-16(11-7-13)25-29(27,28)19-12-15(9-8-14(19)2)21(26)24-20-17(22)4-3-5-18(20)23/h3-12,25H,1-2H3,(H,24,26). The number of hydrogen-bond donors (Lipinski definition) is 2. The number of halogens is 2. The molecule has 0 unspecified atom stereocenters. The van der Waals surface area contributed by atoms with E-state index >= 15 is 0 Å². The van der Waals surface area contributed by atoms with Gasteiger partial charge in [0.05, 0.1) is 20.6 Å². The number of sulfonamides is 1. The maximum absolute atomic E-state index is 12.9. The largest absolute Gasteiger partial charge is 0.319 e. The van der Waals surface area contributed by atoms with Crippen molar-refractivity contribution in [3.8, 4) is 0 Å². The first-order valence-electron chi connectivity index (χ1n) is 8.63. The maximum atomic E-state index is 12.9. The van der Waals surface area contributed by atoms with Gasteiger partial charge in [-0.25, -0.2) is 8.42 Å². The molecular formula is C21H18Cl2N2O3S. The van der Waals surface area contributed by atoms with Crippen LogP contribution in [0.3, 0.4) is 0 Å². The predicted molar refractivity (Wildman–Crippen MR) is 118 cm³/mol. The van der Waals surface area contributed by atoms with Gasteiger partial charge in [-0.1, -0.05) is 53.0 Å². The molecule has 0 fully saturated rings. The summed E-state index contributed by atoms with van der Waals surface area (Å²) < 4.78 is 28.3. The van der Waals surface area contributed by atoms with E-state index in [1.807, 2.05) is 19.1 Å². The number of hydrogen-bond acceptors (Lipinski definition) is 3. The Kier molecular flexibility index (Phi) is 6.17. The summed E-state index contributed by atoms with van der Waals surface area (Å²) in [6.07, 6.45) is 0. The number of benzene rings is 3. The van der Waals surface area contributed by atoms with Gasteiger partial charge in [0.25, 0.3) is 15.9 Å². The molecule has 0 atom stereocenters. The van der Waals surface area contributed by atoms with Crippen molar-refractivity contribution in [2.24, 2.45) is 0 Å². The molecule has 0 saturated carbocycles. The molecule has 0 aromatic heterocycles.